The number of nitrogens with zero attached hydrogens (tertiary/aromatic N) is 5. The summed E-state index contributed by atoms with van der Waals surface area (Å²) in [6.07, 6.45) is 2.29. The van der Waals surface area contributed by atoms with Crippen molar-refractivity contribution in [1.29, 1.82) is 0 Å². The zero-order valence-corrected chi connectivity index (χ0v) is 15.2. The van der Waals surface area contributed by atoms with Gasteiger partial charge < -0.3 is 9.42 Å². The first kappa shape index (κ1) is 17.2. The summed E-state index contributed by atoms with van der Waals surface area (Å²) < 4.78 is 5.44. The fraction of sp³-hybridized carbons (Fsp3) is 0.529. The first-order valence-electron chi connectivity index (χ1n) is 8.79. The van der Waals surface area contributed by atoms with Crippen LogP contribution in [0.1, 0.15) is 43.4 Å². The molecule has 8 nitrogen and oxygen atoms in total. The lowest BCUT2D eigenvalue weighted by molar-refractivity contribution is -0.384. The summed E-state index contributed by atoms with van der Waals surface area (Å²) in [5, 5.41) is 15.8. The third kappa shape index (κ3) is 3.39. The van der Waals surface area contributed by atoms with E-state index in [1.54, 1.807) is 12.1 Å². The third-order valence-corrected chi connectivity index (χ3v) is 5.33. The standard InChI is InChI=1S/C17H20ClN5O3/c1-11(17-19-16(20-26-17)12-2-3-12)21-6-8-22(9-7-21)14-5-4-13(18)10-15(14)23(24)25/h4-5,10-12H,2-3,6-9H2,1H3. The van der Waals surface area contributed by atoms with Crippen LogP contribution in [0.3, 0.4) is 0 Å². The number of aromatic nitrogens is 2. The highest BCUT2D eigenvalue weighted by Gasteiger charge is 2.32. The van der Waals surface area contributed by atoms with Crippen molar-refractivity contribution in [3.8, 4) is 0 Å². The fourth-order valence-corrected chi connectivity index (χ4v) is 3.51. The zero-order valence-electron chi connectivity index (χ0n) is 14.5. The Kier molecular flexibility index (Phi) is 4.54. The Hall–Kier alpha value is -2.19. The summed E-state index contributed by atoms with van der Waals surface area (Å²) in [5.41, 5.74) is 0.658. The van der Waals surface area contributed by atoms with Crippen LogP contribution in [-0.4, -0.2) is 46.1 Å². The average molecular weight is 378 g/mol. The van der Waals surface area contributed by atoms with Gasteiger partial charge in [-0.05, 0) is 31.9 Å². The number of nitro groups is 1. The van der Waals surface area contributed by atoms with E-state index in [2.05, 4.69) is 22.0 Å². The molecule has 2 aromatic rings. The first-order chi connectivity index (χ1) is 12.5. The molecule has 2 aliphatic rings. The van der Waals surface area contributed by atoms with Crippen LogP contribution in [-0.2, 0) is 0 Å². The smallest absolute Gasteiger partial charge is 0.294 e. The summed E-state index contributed by atoms with van der Waals surface area (Å²) in [4.78, 5) is 19.8. The zero-order chi connectivity index (χ0) is 18.3. The van der Waals surface area contributed by atoms with Gasteiger partial charge in [0.05, 0.1) is 11.0 Å². The molecule has 0 amide bonds. The maximum atomic E-state index is 11.3. The third-order valence-electron chi connectivity index (χ3n) is 5.09. The number of hydrogen-bond acceptors (Lipinski definition) is 7. The molecular formula is C17H20ClN5O3. The van der Waals surface area contributed by atoms with Crippen molar-refractivity contribution in [3.63, 3.8) is 0 Å². The lowest BCUT2D eigenvalue weighted by Crippen LogP contribution is -2.47. The minimum Gasteiger partial charge on any atom is -0.363 e. The van der Waals surface area contributed by atoms with Gasteiger partial charge in [-0.15, -0.1) is 0 Å². The van der Waals surface area contributed by atoms with E-state index in [-0.39, 0.29) is 16.7 Å². The molecule has 1 aromatic heterocycles. The van der Waals surface area contributed by atoms with Crippen LogP contribution in [0.25, 0.3) is 0 Å². The Bertz CT molecular complexity index is 814. The molecule has 4 rings (SSSR count). The number of hydrogen-bond donors (Lipinski definition) is 0. The molecule has 1 unspecified atom stereocenters. The van der Waals surface area contributed by atoms with Crippen molar-refractivity contribution in [1.82, 2.24) is 15.0 Å². The van der Waals surface area contributed by atoms with Gasteiger partial charge in [-0.25, -0.2) is 0 Å². The molecule has 0 N–H and O–H groups in total. The van der Waals surface area contributed by atoms with Gasteiger partial charge in [0.25, 0.3) is 5.69 Å². The van der Waals surface area contributed by atoms with Crippen LogP contribution in [0.5, 0.6) is 0 Å². The van der Waals surface area contributed by atoms with Gasteiger partial charge in [-0.3, -0.25) is 15.0 Å². The Labute approximate surface area is 155 Å². The summed E-state index contributed by atoms with van der Waals surface area (Å²) in [5.74, 6) is 1.95. The molecule has 26 heavy (non-hydrogen) atoms. The molecular weight excluding hydrogens is 358 g/mol. The Morgan fingerprint density at radius 1 is 1.31 bits per heavy atom. The molecule has 1 aromatic carbocycles. The number of benzene rings is 1. The lowest BCUT2D eigenvalue weighted by atomic mass is 10.2. The fourth-order valence-electron chi connectivity index (χ4n) is 3.34. The van der Waals surface area contributed by atoms with Crippen molar-refractivity contribution in [2.75, 3.05) is 31.1 Å². The second-order valence-electron chi connectivity index (χ2n) is 6.85. The van der Waals surface area contributed by atoms with E-state index in [1.165, 1.54) is 6.07 Å². The molecule has 1 saturated carbocycles. The van der Waals surface area contributed by atoms with Gasteiger partial charge in [0.2, 0.25) is 5.89 Å². The number of nitro benzene ring substituents is 1. The van der Waals surface area contributed by atoms with E-state index >= 15 is 0 Å². The van der Waals surface area contributed by atoms with Crippen LogP contribution >= 0.6 is 11.6 Å². The lowest BCUT2D eigenvalue weighted by Gasteiger charge is -2.37. The summed E-state index contributed by atoms with van der Waals surface area (Å²) in [7, 11) is 0. The van der Waals surface area contributed by atoms with E-state index in [9.17, 15) is 10.1 Å². The molecule has 1 saturated heterocycles. The van der Waals surface area contributed by atoms with Crippen LogP contribution in [0, 0.1) is 10.1 Å². The quantitative estimate of drug-likeness (QED) is 0.582. The van der Waals surface area contributed by atoms with Crippen molar-refractivity contribution < 1.29 is 9.45 Å². The van der Waals surface area contributed by atoms with Gasteiger partial charge in [0.15, 0.2) is 5.82 Å². The number of piperazine rings is 1. The van der Waals surface area contributed by atoms with Gasteiger partial charge in [0.1, 0.15) is 5.69 Å². The van der Waals surface area contributed by atoms with Crippen LogP contribution < -0.4 is 4.90 Å². The topological polar surface area (TPSA) is 88.5 Å². The Morgan fingerprint density at radius 2 is 2.04 bits per heavy atom. The van der Waals surface area contributed by atoms with Crippen molar-refractivity contribution >= 4 is 23.0 Å². The van der Waals surface area contributed by atoms with E-state index in [0.717, 1.165) is 31.8 Å². The second kappa shape index (κ2) is 6.85. The first-order valence-corrected chi connectivity index (χ1v) is 9.17. The summed E-state index contributed by atoms with van der Waals surface area (Å²) in [6.45, 7) is 4.97. The molecule has 0 spiro atoms. The predicted octanol–water partition coefficient (Wildman–Crippen LogP) is 3.39. The van der Waals surface area contributed by atoms with E-state index in [4.69, 9.17) is 16.1 Å². The molecule has 0 bridgehead atoms. The van der Waals surface area contributed by atoms with Crippen molar-refractivity contribution in [2.45, 2.75) is 31.7 Å². The largest absolute Gasteiger partial charge is 0.363 e. The van der Waals surface area contributed by atoms with Gasteiger partial charge in [0, 0.05) is 43.2 Å². The molecule has 1 aliphatic carbocycles. The maximum absolute atomic E-state index is 11.3. The highest BCUT2D eigenvalue weighted by Crippen LogP contribution is 2.39. The maximum Gasteiger partial charge on any atom is 0.294 e. The van der Waals surface area contributed by atoms with Crippen molar-refractivity contribution in [2.24, 2.45) is 0 Å². The Balaban J connectivity index is 1.43. The average Bonchev–Trinajstić information content (AvgIpc) is 3.38. The highest BCUT2D eigenvalue weighted by molar-refractivity contribution is 6.30. The second-order valence-corrected chi connectivity index (χ2v) is 7.29. The van der Waals surface area contributed by atoms with E-state index in [0.29, 0.717) is 35.6 Å². The molecule has 2 heterocycles. The minimum absolute atomic E-state index is 0.0392. The van der Waals surface area contributed by atoms with Crippen LogP contribution in [0.15, 0.2) is 22.7 Å². The van der Waals surface area contributed by atoms with E-state index in [1.807, 2.05) is 4.90 Å². The molecule has 138 valence electrons. The van der Waals surface area contributed by atoms with Gasteiger partial charge in [-0.1, -0.05) is 16.8 Å². The number of halogens is 1. The SMILES string of the molecule is CC(c1nc(C2CC2)no1)N1CCN(c2ccc(Cl)cc2[N+](=O)[O-])CC1. The summed E-state index contributed by atoms with van der Waals surface area (Å²) >= 11 is 5.91. The predicted molar refractivity (Wildman–Crippen MR) is 96.6 cm³/mol. The molecule has 1 atom stereocenters. The van der Waals surface area contributed by atoms with Gasteiger partial charge >= 0.3 is 0 Å². The molecule has 9 heteroatoms. The van der Waals surface area contributed by atoms with Crippen LogP contribution in [0.2, 0.25) is 5.02 Å². The minimum atomic E-state index is -0.381. The molecule has 2 fully saturated rings. The van der Waals surface area contributed by atoms with Crippen LogP contribution in [0.4, 0.5) is 11.4 Å². The van der Waals surface area contributed by atoms with E-state index < -0.39 is 0 Å². The molecule has 0 radical (unpaired) electrons. The monoisotopic (exact) mass is 377 g/mol. The number of rotatable bonds is 5. The van der Waals surface area contributed by atoms with Crippen molar-refractivity contribution in [3.05, 3.63) is 45.1 Å². The summed E-state index contributed by atoms with van der Waals surface area (Å²) in [6, 6.07) is 4.86. The Morgan fingerprint density at radius 3 is 2.69 bits per heavy atom. The normalized spacial score (nSPS) is 19.5. The number of anilines is 1. The molecule has 1 aliphatic heterocycles. The van der Waals surface area contributed by atoms with Gasteiger partial charge in [-0.2, -0.15) is 4.98 Å². The highest BCUT2D eigenvalue weighted by atomic mass is 35.5.